The number of anilines is 2. The Balaban J connectivity index is 1.57. The molecule has 1 heterocycles. The Morgan fingerprint density at radius 1 is 1.11 bits per heavy atom. The van der Waals surface area contributed by atoms with Crippen LogP contribution in [0.15, 0.2) is 34.7 Å². The molecule has 1 aliphatic rings. The van der Waals surface area contributed by atoms with Crippen molar-refractivity contribution in [3.8, 4) is 11.3 Å². The molecule has 1 saturated carbocycles. The lowest BCUT2D eigenvalue weighted by Gasteiger charge is -2.31. The quantitative estimate of drug-likeness (QED) is 0.700. The zero-order chi connectivity index (χ0) is 19.4. The molecular formula is C20H26N4O3. The van der Waals surface area contributed by atoms with E-state index in [9.17, 15) is 9.59 Å². The van der Waals surface area contributed by atoms with Crippen LogP contribution >= 0.6 is 0 Å². The van der Waals surface area contributed by atoms with Gasteiger partial charge in [-0.05, 0) is 43.2 Å². The van der Waals surface area contributed by atoms with Crippen LogP contribution < -0.4 is 16.8 Å². The molecular weight excluding hydrogens is 344 g/mol. The second-order valence-electron chi connectivity index (χ2n) is 6.99. The molecule has 0 unspecified atom stereocenters. The highest BCUT2D eigenvalue weighted by Gasteiger charge is 2.22. The Bertz CT molecular complexity index is 824. The molecule has 2 amide bonds. The van der Waals surface area contributed by atoms with E-state index in [1.165, 1.54) is 6.42 Å². The van der Waals surface area contributed by atoms with E-state index < -0.39 is 5.91 Å². The number of nitrogens with zero attached hydrogens (tertiary/aromatic N) is 1. The van der Waals surface area contributed by atoms with E-state index in [1.807, 2.05) is 0 Å². The molecule has 7 heteroatoms. The van der Waals surface area contributed by atoms with Crippen molar-refractivity contribution in [3.05, 3.63) is 36.1 Å². The third-order valence-corrected chi connectivity index (χ3v) is 5.12. The Morgan fingerprint density at radius 3 is 2.56 bits per heavy atom. The largest absolute Gasteiger partial charge is 0.451 e. The van der Waals surface area contributed by atoms with Crippen LogP contribution in [-0.2, 0) is 4.79 Å². The molecule has 0 atom stereocenters. The number of carbonyl (C=O) groups excluding carboxylic acids is 2. The summed E-state index contributed by atoms with van der Waals surface area (Å²) in [6, 6.07) is 8.69. The minimum atomic E-state index is -0.421. The molecule has 2 aromatic rings. The minimum absolute atomic E-state index is 0.0450. The highest BCUT2D eigenvalue weighted by Crippen LogP contribution is 2.27. The van der Waals surface area contributed by atoms with Gasteiger partial charge >= 0.3 is 0 Å². The van der Waals surface area contributed by atoms with Crippen molar-refractivity contribution in [1.82, 2.24) is 10.2 Å². The van der Waals surface area contributed by atoms with Gasteiger partial charge in [-0.3, -0.25) is 9.59 Å². The summed E-state index contributed by atoms with van der Waals surface area (Å²) in [5.41, 5.74) is 13.2. The van der Waals surface area contributed by atoms with Gasteiger partial charge in [-0.25, -0.2) is 0 Å². The monoisotopic (exact) mass is 370 g/mol. The van der Waals surface area contributed by atoms with Crippen molar-refractivity contribution in [2.24, 2.45) is 0 Å². The smallest absolute Gasteiger partial charge is 0.287 e. The van der Waals surface area contributed by atoms with Crippen molar-refractivity contribution in [1.29, 1.82) is 0 Å². The number of nitrogens with one attached hydrogen (secondary N) is 1. The highest BCUT2D eigenvalue weighted by atomic mass is 16.3. The lowest BCUT2D eigenvalue weighted by Crippen LogP contribution is -2.44. The van der Waals surface area contributed by atoms with Gasteiger partial charge in [0.25, 0.3) is 5.91 Å². The fraction of sp³-hybridized carbons (Fsp3) is 0.400. The van der Waals surface area contributed by atoms with E-state index in [1.54, 1.807) is 42.3 Å². The zero-order valence-electron chi connectivity index (χ0n) is 15.5. The lowest BCUT2D eigenvalue weighted by molar-refractivity contribution is -0.131. The van der Waals surface area contributed by atoms with E-state index >= 15 is 0 Å². The predicted octanol–water partition coefficient (Wildman–Crippen LogP) is 2.63. The lowest BCUT2D eigenvalue weighted by atomic mass is 9.94. The van der Waals surface area contributed by atoms with Crippen molar-refractivity contribution < 1.29 is 14.0 Å². The van der Waals surface area contributed by atoms with Crippen LogP contribution in [0, 0.1) is 0 Å². The first-order chi connectivity index (χ1) is 13.0. The number of amides is 2. The second kappa shape index (κ2) is 8.16. The van der Waals surface area contributed by atoms with Gasteiger partial charge in [-0.15, -0.1) is 0 Å². The van der Waals surface area contributed by atoms with Gasteiger partial charge in [0.1, 0.15) is 5.76 Å². The SMILES string of the molecule is CN(C(=O)CNC(=O)c1ccc(-c2ccc(N)c(N)c2)o1)C1CCCCC1. The Hall–Kier alpha value is -2.96. The Morgan fingerprint density at radius 2 is 1.85 bits per heavy atom. The summed E-state index contributed by atoms with van der Waals surface area (Å²) >= 11 is 0. The molecule has 1 aromatic heterocycles. The predicted molar refractivity (Wildman–Crippen MR) is 105 cm³/mol. The van der Waals surface area contributed by atoms with Gasteiger partial charge in [0.2, 0.25) is 5.91 Å². The topological polar surface area (TPSA) is 115 Å². The number of benzene rings is 1. The van der Waals surface area contributed by atoms with E-state index in [0.29, 0.717) is 17.1 Å². The Labute approximate surface area is 158 Å². The van der Waals surface area contributed by atoms with Crippen LogP contribution in [0.2, 0.25) is 0 Å². The number of carbonyl (C=O) groups is 2. The molecule has 1 aromatic carbocycles. The third kappa shape index (κ3) is 4.42. The zero-order valence-corrected chi connectivity index (χ0v) is 15.5. The number of furan rings is 1. The molecule has 27 heavy (non-hydrogen) atoms. The van der Waals surface area contributed by atoms with Crippen molar-refractivity contribution in [2.45, 2.75) is 38.1 Å². The van der Waals surface area contributed by atoms with Crippen LogP contribution in [0.4, 0.5) is 11.4 Å². The third-order valence-electron chi connectivity index (χ3n) is 5.12. The number of rotatable bonds is 5. The Kier molecular flexibility index (Phi) is 5.69. The molecule has 0 spiro atoms. The molecule has 0 bridgehead atoms. The van der Waals surface area contributed by atoms with Gasteiger partial charge in [0.15, 0.2) is 5.76 Å². The fourth-order valence-electron chi connectivity index (χ4n) is 3.38. The van der Waals surface area contributed by atoms with E-state index in [0.717, 1.165) is 31.2 Å². The molecule has 0 radical (unpaired) electrons. The van der Waals surface area contributed by atoms with Gasteiger partial charge in [0, 0.05) is 18.7 Å². The summed E-state index contributed by atoms with van der Waals surface area (Å²) in [6.45, 7) is -0.0450. The molecule has 7 nitrogen and oxygen atoms in total. The molecule has 1 fully saturated rings. The molecule has 0 saturated heterocycles. The average molecular weight is 370 g/mol. The second-order valence-corrected chi connectivity index (χ2v) is 6.99. The van der Waals surface area contributed by atoms with E-state index in [2.05, 4.69) is 5.32 Å². The van der Waals surface area contributed by atoms with Gasteiger partial charge in [-0.2, -0.15) is 0 Å². The number of likely N-dealkylation sites (N-methyl/N-ethyl adjacent to an activating group) is 1. The minimum Gasteiger partial charge on any atom is -0.451 e. The summed E-state index contributed by atoms with van der Waals surface area (Å²) in [5, 5.41) is 2.64. The summed E-state index contributed by atoms with van der Waals surface area (Å²) in [4.78, 5) is 26.4. The standard InChI is InChI=1S/C20H26N4O3/c1-24(14-5-3-2-4-6-14)19(25)12-23-20(26)18-10-9-17(27-18)13-7-8-15(21)16(22)11-13/h7-11,14H,2-6,12,21-22H2,1H3,(H,23,26). The maximum atomic E-state index is 12.3. The normalized spacial score (nSPS) is 14.7. The van der Waals surface area contributed by atoms with E-state index in [4.69, 9.17) is 15.9 Å². The fourth-order valence-corrected chi connectivity index (χ4v) is 3.38. The van der Waals surface area contributed by atoms with Crippen LogP contribution in [0.1, 0.15) is 42.7 Å². The first-order valence-electron chi connectivity index (χ1n) is 9.25. The molecule has 5 N–H and O–H groups in total. The summed E-state index contributed by atoms with van der Waals surface area (Å²) in [6.07, 6.45) is 5.60. The van der Waals surface area contributed by atoms with Gasteiger partial charge in [-0.1, -0.05) is 19.3 Å². The molecule has 0 aliphatic heterocycles. The maximum absolute atomic E-state index is 12.3. The summed E-state index contributed by atoms with van der Waals surface area (Å²) in [7, 11) is 1.81. The van der Waals surface area contributed by atoms with E-state index in [-0.39, 0.29) is 24.3 Å². The first kappa shape index (κ1) is 18.8. The molecule has 144 valence electrons. The number of nitrogen functional groups attached to an aromatic ring is 2. The van der Waals surface area contributed by atoms with Crippen LogP contribution in [-0.4, -0.2) is 36.3 Å². The van der Waals surface area contributed by atoms with Crippen molar-refractivity contribution in [2.75, 3.05) is 25.1 Å². The highest BCUT2D eigenvalue weighted by molar-refractivity contribution is 5.94. The summed E-state index contributed by atoms with van der Waals surface area (Å²) in [5.74, 6) is 0.148. The van der Waals surface area contributed by atoms with Gasteiger partial charge in [0.05, 0.1) is 17.9 Å². The first-order valence-corrected chi connectivity index (χ1v) is 9.25. The number of hydrogen-bond donors (Lipinski definition) is 3. The van der Waals surface area contributed by atoms with Crippen LogP contribution in [0.25, 0.3) is 11.3 Å². The maximum Gasteiger partial charge on any atom is 0.287 e. The van der Waals surface area contributed by atoms with Crippen molar-refractivity contribution >= 4 is 23.2 Å². The average Bonchev–Trinajstić information content (AvgIpc) is 3.18. The molecule has 3 rings (SSSR count). The number of hydrogen-bond acceptors (Lipinski definition) is 5. The van der Waals surface area contributed by atoms with Crippen LogP contribution in [0.5, 0.6) is 0 Å². The van der Waals surface area contributed by atoms with Gasteiger partial charge < -0.3 is 26.1 Å². The summed E-state index contributed by atoms with van der Waals surface area (Å²) < 4.78 is 5.60. The number of nitrogens with two attached hydrogens (primary N) is 2. The van der Waals surface area contributed by atoms with Crippen molar-refractivity contribution in [3.63, 3.8) is 0 Å². The van der Waals surface area contributed by atoms with Crippen LogP contribution in [0.3, 0.4) is 0 Å². The molecule has 1 aliphatic carbocycles.